The minimum absolute atomic E-state index is 0.0248. The van der Waals surface area contributed by atoms with E-state index in [2.05, 4.69) is 63.1 Å². The highest BCUT2D eigenvalue weighted by Crippen LogP contribution is 2.49. The van der Waals surface area contributed by atoms with Gasteiger partial charge in [0, 0.05) is 43.8 Å². The molecule has 3 fully saturated rings. The third kappa shape index (κ3) is 4.52. The van der Waals surface area contributed by atoms with E-state index in [-0.39, 0.29) is 11.8 Å². The van der Waals surface area contributed by atoms with E-state index in [1.165, 1.54) is 48.3 Å². The minimum Gasteiger partial charge on any atom is -0.368 e. The van der Waals surface area contributed by atoms with Crippen molar-refractivity contribution in [2.45, 2.75) is 57.0 Å². The number of benzene rings is 2. The lowest BCUT2D eigenvalue weighted by Gasteiger charge is -2.43. The van der Waals surface area contributed by atoms with Gasteiger partial charge in [-0.15, -0.1) is 0 Å². The van der Waals surface area contributed by atoms with E-state index in [1.807, 2.05) is 6.92 Å². The molecule has 6 heteroatoms. The molecule has 4 aliphatic rings. The monoisotopic (exact) mass is 479 g/mol. The molecule has 2 aromatic rings. The number of fused-ring (bicyclic) bond motifs is 2. The fourth-order valence-electron chi connectivity index (χ4n) is 6.67. The van der Waals surface area contributed by atoms with Gasteiger partial charge >= 0.3 is 0 Å². The van der Waals surface area contributed by atoms with Crippen molar-refractivity contribution in [2.75, 3.05) is 36.8 Å². The van der Waals surface area contributed by atoms with Crippen LogP contribution in [0.3, 0.4) is 0 Å². The fraction of sp³-hybridized carbons (Fsp3) is 0.571. The van der Waals surface area contributed by atoms with Crippen LogP contribution >= 0.6 is 0 Å². The molecule has 2 heterocycles. The Bertz CT molecular complexity index is 1120. The molecule has 2 saturated heterocycles. The molecule has 182 valence electrons. The molecule has 5 nitrogen and oxygen atoms in total. The molecule has 0 amide bonds. The first-order valence-corrected chi connectivity index (χ1v) is 14.8. The standard InChI is InChI=1S/C28H37N3O2S/c1-2-12-34(32,33)29-24-18-30(19-24)25-10-8-21-9-11-28(31-16-22-14-23(22)17-31)27(26(21)15-25)13-20-6-4-3-5-7-20/h3-8,10,15,22-24,27-29H,2,9,11-14,16-19H2,1H3. The lowest BCUT2D eigenvalue weighted by Crippen LogP contribution is -2.59. The number of anilines is 1. The average molecular weight is 480 g/mol. The first-order chi connectivity index (χ1) is 16.5. The zero-order chi connectivity index (χ0) is 23.3. The van der Waals surface area contributed by atoms with Crippen molar-refractivity contribution in [2.24, 2.45) is 11.8 Å². The van der Waals surface area contributed by atoms with Crippen molar-refractivity contribution < 1.29 is 8.42 Å². The Morgan fingerprint density at radius 2 is 1.76 bits per heavy atom. The van der Waals surface area contributed by atoms with Crippen molar-refractivity contribution in [1.29, 1.82) is 0 Å². The van der Waals surface area contributed by atoms with E-state index < -0.39 is 10.0 Å². The van der Waals surface area contributed by atoms with Crippen LogP contribution in [0.15, 0.2) is 48.5 Å². The van der Waals surface area contributed by atoms with E-state index in [9.17, 15) is 8.42 Å². The molecule has 1 saturated carbocycles. The van der Waals surface area contributed by atoms with Crippen LogP contribution in [0.2, 0.25) is 0 Å². The first kappa shape index (κ1) is 22.6. The summed E-state index contributed by atoms with van der Waals surface area (Å²) >= 11 is 0. The van der Waals surface area contributed by atoms with Crippen LogP contribution in [-0.4, -0.2) is 57.3 Å². The summed E-state index contributed by atoms with van der Waals surface area (Å²) in [5, 5.41) is 0. The van der Waals surface area contributed by atoms with E-state index in [1.54, 1.807) is 0 Å². The molecule has 0 radical (unpaired) electrons. The van der Waals surface area contributed by atoms with Crippen molar-refractivity contribution in [3.8, 4) is 0 Å². The summed E-state index contributed by atoms with van der Waals surface area (Å²) < 4.78 is 27.2. The number of piperidine rings is 1. The van der Waals surface area contributed by atoms with Crippen LogP contribution in [0.1, 0.15) is 48.8 Å². The Labute approximate surface area is 204 Å². The lowest BCUT2D eigenvalue weighted by molar-refractivity contribution is 0.171. The maximum absolute atomic E-state index is 12.1. The number of rotatable bonds is 8. The number of nitrogens with one attached hydrogen (secondary N) is 1. The summed E-state index contributed by atoms with van der Waals surface area (Å²) in [5.74, 6) is 2.64. The molecule has 1 N–H and O–H groups in total. The SMILES string of the molecule is CCCS(=O)(=O)NC1CN(c2ccc3c(c2)C(Cc2ccccc2)C(N2CC4CC4C2)CC3)C1. The van der Waals surface area contributed by atoms with E-state index in [0.29, 0.717) is 18.4 Å². The third-order valence-electron chi connectivity index (χ3n) is 8.54. The molecular weight excluding hydrogens is 442 g/mol. The summed E-state index contributed by atoms with van der Waals surface area (Å²) in [4.78, 5) is 5.14. The molecule has 34 heavy (non-hydrogen) atoms. The fourth-order valence-corrected chi connectivity index (χ4v) is 7.98. The van der Waals surface area contributed by atoms with Crippen LogP contribution < -0.4 is 9.62 Å². The van der Waals surface area contributed by atoms with Crippen LogP contribution in [0.4, 0.5) is 5.69 Å². The Morgan fingerprint density at radius 1 is 1.00 bits per heavy atom. The third-order valence-corrected chi connectivity index (χ3v) is 10.2. The van der Waals surface area contributed by atoms with Gasteiger partial charge in [-0.3, -0.25) is 4.90 Å². The van der Waals surface area contributed by atoms with Gasteiger partial charge in [0.1, 0.15) is 0 Å². The first-order valence-electron chi connectivity index (χ1n) is 13.1. The number of aryl methyl sites for hydroxylation is 1. The molecule has 2 aromatic carbocycles. The van der Waals surface area contributed by atoms with Crippen molar-refractivity contribution in [1.82, 2.24) is 9.62 Å². The van der Waals surface area contributed by atoms with E-state index >= 15 is 0 Å². The highest BCUT2D eigenvalue weighted by atomic mass is 32.2. The number of nitrogens with zero attached hydrogens (tertiary/aromatic N) is 2. The maximum atomic E-state index is 12.1. The highest BCUT2D eigenvalue weighted by molar-refractivity contribution is 7.89. The highest BCUT2D eigenvalue weighted by Gasteiger charge is 2.48. The Hall–Kier alpha value is -1.89. The molecule has 2 aliphatic carbocycles. The van der Waals surface area contributed by atoms with Gasteiger partial charge in [0.25, 0.3) is 0 Å². The number of hydrogen-bond acceptors (Lipinski definition) is 4. The van der Waals surface area contributed by atoms with Crippen LogP contribution in [0.25, 0.3) is 0 Å². The van der Waals surface area contributed by atoms with Crippen molar-refractivity contribution >= 4 is 15.7 Å². The second-order valence-corrected chi connectivity index (χ2v) is 12.9. The van der Waals surface area contributed by atoms with E-state index in [0.717, 1.165) is 37.8 Å². The lowest BCUT2D eigenvalue weighted by atomic mass is 9.75. The molecule has 0 aromatic heterocycles. The number of sulfonamides is 1. The summed E-state index contributed by atoms with van der Waals surface area (Å²) in [6.07, 6.45) is 5.61. The van der Waals surface area contributed by atoms with Gasteiger partial charge in [-0.2, -0.15) is 0 Å². The van der Waals surface area contributed by atoms with Gasteiger partial charge in [-0.1, -0.05) is 43.3 Å². The average Bonchev–Trinajstić information content (AvgIpc) is 3.41. The zero-order valence-electron chi connectivity index (χ0n) is 20.2. The van der Waals surface area contributed by atoms with Crippen molar-refractivity contribution in [3.05, 3.63) is 65.2 Å². The van der Waals surface area contributed by atoms with Gasteiger partial charge < -0.3 is 4.90 Å². The van der Waals surface area contributed by atoms with Gasteiger partial charge in [0.15, 0.2) is 0 Å². The van der Waals surface area contributed by atoms with Gasteiger partial charge in [0.05, 0.1) is 11.8 Å². The predicted octanol–water partition coefficient (Wildman–Crippen LogP) is 3.80. The van der Waals surface area contributed by atoms with Crippen LogP contribution in [-0.2, 0) is 22.9 Å². The van der Waals surface area contributed by atoms with Gasteiger partial charge in [-0.25, -0.2) is 13.1 Å². The Kier molecular flexibility index (Phi) is 5.95. The topological polar surface area (TPSA) is 52.7 Å². The van der Waals surface area contributed by atoms with Gasteiger partial charge in [0.2, 0.25) is 10.0 Å². The summed E-state index contributed by atoms with van der Waals surface area (Å²) in [6.45, 7) is 6.00. The minimum atomic E-state index is -3.16. The summed E-state index contributed by atoms with van der Waals surface area (Å²) in [6, 6.07) is 18.7. The van der Waals surface area contributed by atoms with Gasteiger partial charge in [-0.05, 0) is 72.8 Å². The molecule has 6 rings (SSSR count). The van der Waals surface area contributed by atoms with Crippen LogP contribution in [0.5, 0.6) is 0 Å². The molecule has 2 aliphatic heterocycles. The second-order valence-electron chi connectivity index (χ2n) is 11.0. The maximum Gasteiger partial charge on any atom is 0.211 e. The van der Waals surface area contributed by atoms with Crippen LogP contribution in [0, 0.1) is 11.8 Å². The normalized spacial score (nSPS) is 28.9. The largest absolute Gasteiger partial charge is 0.368 e. The Balaban J connectivity index is 1.22. The molecule has 4 atom stereocenters. The van der Waals surface area contributed by atoms with E-state index in [4.69, 9.17) is 0 Å². The summed E-state index contributed by atoms with van der Waals surface area (Å²) in [5.41, 5.74) is 5.70. The quantitative estimate of drug-likeness (QED) is 0.626. The number of hydrogen-bond donors (Lipinski definition) is 1. The molecule has 0 bridgehead atoms. The molecule has 4 unspecified atom stereocenters. The molecular formula is C28H37N3O2S. The second kappa shape index (κ2) is 8.96. The van der Waals surface area contributed by atoms with Crippen molar-refractivity contribution in [3.63, 3.8) is 0 Å². The zero-order valence-corrected chi connectivity index (χ0v) is 21.0. The molecule has 0 spiro atoms. The summed E-state index contributed by atoms with van der Waals surface area (Å²) in [7, 11) is -3.16. The Morgan fingerprint density at radius 3 is 2.50 bits per heavy atom. The predicted molar refractivity (Wildman–Crippen MR) is 138 cm³/mol. The number of likely N-dealkylation sites (tertiary alicyclic amines) is 1. The smallest absolute Gasteiger partial charge is 0.211 e.